The van der Waals surface area contributed by atoms with Gasteiger partial charge in [0.1, 0.15) is 5.75 Å². The average Bonchev–Trinajstić information content (AvgIpc) is 3.56. The second kappa shape index (κ2) is 6.89. The van der Waals surface area contributed by atoms with E-state index >= 15 is 0 Å². The Hall–Kier alpha value is -2.73. The third-order valence-corrected chi connectivity index (χ3v) is 7.80. The van der Waals surface area contributed by atoms with Crippen LogP contribution in [0, 0.1) is 35.5 Å². The van der Waals surface area contributed by atoms with Gasteiger partial charge in [0.15, 0.2) is 12.4 Å². The van der Waals surface area contributed by atoms with Crippen LogP contribution in [0.15, 0.2) is 65.2 Å². The number of imide groups is 1. The second-order valence-corrected chi connectivity index (χ2v) is 9.80. The molecule has 2 bridgehead atoms. The van der Waals surface area contributed by atoms with Crippen LogP contribution in [-0.2, 0) is 9.59 Å². The fraction of sp³-hybridized carbons (Fsp3) is 0.320. The first kappa shape index (κ1) is 19.0. The minimum atomic E-state index is -0.227. The molecule has 1 heterocycles. The van der Waals surface area contributed by atoms with E-state index in [-0.39, 0.29) is 47.9 Å². The molecule has 0 unspecified atom stereocenters. The van der Waals surface area contributed by atoms with Crippen LogP contribution in [-0.4, -0.2) is 24.2 Å². The molecular formula is C25H20BrNO4. The van der Waals surface area contributed by atoms with Crippen molar-refractivity contribution in [1.82, 2.24) is 0 Å². The first-order valence-corrected chi connectivity index (χ1v) is 11.4. The smallest absolute Gasteiger partial charge is 0.238 e. The molecule has 2 aromatic rings. The number of amides is 2. The number of halogens is 1. The minimum Gasteiger partial charge on any atom is -0.485 e. The molecule has 3 fully saturated rings. The van der Waals surface area contributed by atoms with Gasteiger partial charge in [0.05, 0.1) is 17.5 Å². The Morgan fingerprint density at radius 1 is 0.968 bits per heavy atom. The average molecular weight is 478 g/mol. The van der Waals surface area contributed by atoms with Crippen LogP contribution in [0.25, 0.3) is 0 Å². The molecule has 7 rings (SSSR count). The van der Waals surface area contributed by atoms with Crippen LogP contribution in [0.3, 0.4) is 0 Å². The van der Waals surface area contributed by atoms with Gasteiger partial charge >= 0.3 is 0 Å². The molecule has 0 aromatic heterocycles. The number of benzene rings is 2. The fourth-order valence-corrected chi connectivity index (χ4v) is 6.06. The molecule has 2 amide bonds. The molecule has 5 aliphatic rings. The molecule has 2 saturated carbocycles. The maximum absolute atomic E-state index is 13.3. The number of ketones is 1. The minimum absolute atomic E-state index is 0.0946. The van der Waals surface area contributed by atoms with E-state index in [0.29, 0.717) is 28.8 Å². The van der Waals surface area contributed by atoms with Gasteiger partial charge in [-0.2, -0.15) is 0 Å². The molecule has 0 radical (unpaired) electrons. The Morgan fingerprint density at radius 2 is 1.61 bits per heavy atom. The summed E-state index contributed by atoms with van der Waals surface area (Å²) in [4.78, 5) is 40.3. The van der Waals surface area contributed by atoms with Gasteiger partial charge in [0, 0.05) is 16.1 Å². The summed E-state index contributed by atoms with van der Waals surface area (Å²) in [6, 6.07) is 14.0. The SMILES string of the molecule is O=C(COc1cccc(N2C(=O)[C@H]3[C@@H]4C=C[C@@H]([C@H]5C[C@H]45)[C@@H]3C2=O)c1)c1ccc(Br)cc1. The highest BCUT2D eigenvalue weighted by Gasteiger charge is 2.67. The summed E-state index contributed by atoms with van der Waals surface area (Å²) in [7, 11) is 0. The molecule has 0 N–H and O–H groups in total. The lowest BCUT2D eigenvalue weighted by atomic mass is 9.63. The molecular weight excluding hydrogens is 458 g/mol. The number of hydrogen-bond acceptors (Lipinski definition) is 4. The van der Waals surface area contributed by atoms with Crippen molar-refractivity contribution in [3.05, 3.63) is 70.7 Å². The van der Waals surface area contributed by atoms with Crippen molar-refractivity contribution in [1.29, 1.82) is 0 Å². The Balaban J connectivity index is 1.20. The van der Waals surface area contributed by atoms with Crippen molar-refractivity contribution >= 4 is 39.2 Å². The third kappa shape index (κ3) is 2.92. The fourth-order valence-electron chi connectivity index (χ4n) is 5.79. The second-order valence-electron chi connectivity index (χ2n) is 8.88. The van der Waals surface area contributed by atoms with Gasteiger partial charge in [0.25, 0.3) is 0 Å². The summed E-state index contributed by atoms with van der Waals surface area (Å²) in [6.07, 6.45) is 5.48. The number of allylic oxidation sites excluding steroid dienone is 2. The largest absolute Gasteiger partial charge is 0.485 e. The summed E-state index contributed by atoms with van der Waals surface area (Å²) in [5, 5.41) is 0. The van der Waals surface area contributed by atoms with E-state index in [4.69, 9.17) is 4.74 Å². The van der Waals surface area contributed by atoms with Crippen LogP contribution in [0.1, 0.15) is 16.8 Å². The zero-order valence-electron chi connectivity index (χ0n) is 16.6. The zero-order chi connectivity index (χ0) is 21.3. The highest BCUT2D eigenvalue weighted by Crippen LogP contribution is 2.65. The van der Waals surface area contributed by atoms with Crippen LogP contribution in [0.2, 0.25) is 0 Å². The third-order valence-electron chi connectivity index (χ3n) is 7.27. The number of rotatable bonds is 5. The normalized spacial score (nSPS) is 32.1. The van der Waals surface area contributed by atoms with E-state index in [0.717, 1.165) is 10.9 Å². The topological polar surface area (TPSA) is 63.7 Å². The van der Waals surface area contributed by atoms with Crippen molar-refractivity contribution in [2.75, 3.05) is 11.5 Å². The van der Waals surface area contributed by atoms with Gasteiger partial charge in [-0.15, -0.1) is 0 Å². The lowest BCUT2D eigenvalue weighted by Gasteiger charge is -2.37. The van der Waals surface area contributed by atoms with Crippen LogP contribution >= 0.6 is 15.9 Å². The van der Waals surface area contributed by atoms with Gasteiger partial charge in [-0.05, 0) is 54.4 Å². The van der Waals surface area contributed by atoms with E-state index in [9.17, 15) is 14.4 Å². The Morgan fingerprint density at radius 3 is 2.26 bits per heavy atom. The van der Waals surface area contributed by atoms with Crippen molar-refractivity contribution in [2.45, 2.75) is 6.42 Å². The van der Waals surface area contributed by atoms with Gasteiger partial charge in [0.2, 0.25) is 11.8 Å². The first-order chi connectivity index (χ1) is 15.0. The van der Waals surface area contributed by atoms with Crippen molar-refractivity contribution in [3.63, 3.8) is 0 Å². The number of carbonyl (C=O) groups excluding carboxylic acids is 3. The number of anilines is 1. The van der Waals surface area contributed by atoms with E-state index < -0.39 is 0 Å². The van der Waals surface area contributed by atoms with Crippen molar-refractivity contribution in [2.24, 2.45) is 35.5 Å². The molecule has 6 atom stereocenters. The molecule has 4 aliphatic carbocycles. The summed E-state index contributed by atoms with van der Waals surface area (Å²) >= 11 is 3.35. The molecule has 31 heavy (non-hydrogen) atoms. The highest BCUT2D eigenvalue weighted by molar-refractivity contribution is 9.10. The predicted octanol–water partition coefficient (Wildman–Crippen LogP) is 4.27. The van der Waals surface area contributed by atoms with Gasteiger partial charge in [-0.1, -0.05) is 46.3 Å². The van der Waals surface area contributed by atoms with E-state index in [2.05, 4.69) is 28.1 Å². The number of ether oxygens (including phenoxy) is 1. The summed E-state index contributed by atoms with van der Waals surface area (Å²) in [5.74, 6) is 1.23. The number of hydrogen-bond donors (Lipinski definition) is 0. The van der Waals surface area contributed by atoms with E-state index in [1.807, 2.05) is 12.1 Å². The Kier molecular flexibility index (Phi) is 4.22. The number of Topliss-reactive ketones (excluding diaryl/α,β-unsaturated/α-hetero) is 1. The number of carbonyl (C=O) groups is 3. The van der Waals surface area contributed by atoms with E-state index in [1.165, 1.54) is 4.90 Å². The van der Waals surface area contributed by atoms with Gasteiger partial charge < -0.3 is 4.74 Å². The molecule has 2 aromatic carbocycles. The summed E-state index contributed by atoms with van der Waals surface area (Å²) in [6.45, 7) is -0.115. The van der Waals surface area contributed by atoms with Crippen molar-refractivity contribution in [3.8, 4) is 5.75 Å². The Labute approximate surface area is 188 Å². The molecule has 5 nitrogen and oxygen atoms in total. The van der Waals surface area contributed by atoms with Crippen LogP contribution in [0.4, 0.5) is 5.69 Å². The maximum atomic E-state index is 13.3. The standard InChI is InChI=1S/C25H20BrNO4/c26-14-6-4-13(5-7-14)21(28)12-31-16-3-1-2-15(10-16)27-24(29)22-17-8-9-18(20-11-19(17)20)23(22)25(27)30/h1-10,17-20,22-23H,11-12H2/t17-,18+,19-,20-,22+,23+/m1/s1. The monoisotopic (exact) mass is 477 g/mol. The zero-order valence-corrected chi connectivity index (χ0v) is 18.2. The Bertz CT molecular complexity index is 1100. The van der Waals surface area contributed by atoms with E-state index in [1.54, 1.807) is 36.4 Å². The molecule has 1 aliphatic heterocycles. The highest BCUT2D eigenvalue weighted by atomic mass is 79.9. The quantitative estimate of drug-likeness (QED) is 0.366. The number of nitrogens with zero attached hydrogens (tertiary/aromatic N) is 1. The molecule has 156 valence electrons. The lowest BCUT2D eigenvalue weighted by molar-refractivity contribution is -0.124. The molecule has 6 heteroatoms. The summed E-state index contributed by atoms with van der Waals surface area (Å²) < 4.78 is 6.60. The first-order valence-electron chi connectivity index (χ1n) is 10.6. The molecule has 1 saturated heterocycles. The lowest BCUT2D eigenvalue weighted by Crippen LogP contribution is -2.40. The predicted molar refractivity (Wildman–Crippen MR) is 118 cm³/mol. The maximum Gasteiger partial charge on any atom is 0.238 e. The van der Waals surface area contributed by atoms with Gasteiger partial charge in [-0.25, -0.2) is 4.90 Å². The molecule has 0 spiro atoms. The van der Waals surface area contributed by atoms with Crippen LogP contribution in [0.5, 0.6) is 5.75 Å². The van der Waals surface area contributed by atoms with Gasteiger partial charge in [-0.3, -0.25) is 14.4 Å². The van der Waals surface area contributed by atoms with Crippen molar-refractivity contribution < 1.29 is 19.1 Å². The summed E-state index contributed by atoms with van der Waals surface area (Å²) in [5.41, 5.74) is 1.08. The van der Waals surface area contributed by atoms with Crippen LogP contribution < -0.4 is 9.64 Å².